The molecule has 234 valence electrons. The quantitative estimate of drug-likeness (QED) is 0.113. The lowest BCUT2D eigenvalue weighted by Gasteiger charge is -2.22. The van der Waals surface area contributed by atoms with E-state index in [1.54, 1.807) is 31.2 Å². The topological polar surface area (TPSA) is 74.3 Å². The molecule has 0 aromatic heterocycles. The van der Waals surface area contributed by atoms with Crippen molar-refractivity contribution < 1.29 is 28.5 Å². The molecule has 5 rings (SSSR count). The number of esters is 1. The molecule has 0 aliphatic rings. The summed E-state index contributed by atoms with van der Waals surface area (Å²) in [4.78, 5) is 27.7. The number of amides is 1. The molecular formula is C39H37NO6. The smallest absolute Gasteiger partial charge is 0.325 e. The number of nitrogens with zero attached hydrogens (tertiary/aromatic N) is 1. The first-order valence-corrected chi connectivity index (χ1v) is 15.2. The fraction of sp³-hybridized carbons (Fsp3) is 0.179. The van der Waals surface area contributed by atoms with Crippen LogP contribution in [0.3, 0.4) is 0 Å². The van der Waals surface area contributed by atoms with E-state index in [2.05, 4.69) is 0 Å². The fourth-order valence-electron chi connectivity index (χ4n) is 4.79. The molecule has 0 aliphatic heterocycles. The highest BCUT2D eigenvalue weighted by atomic mass is 16.5. The number of ether oxygens (including phenoxy) is 4. The van der Waals surface area contributed by atoms with Gasteiger partial charge in [-0.2, -0.15) is 0 Å². The lowest BCUT2D eigenvalue weighted by Crippen LogP contribution is -2.36. The summed E-state index contributed by atoms with van der Waals surface area (Å²) in [5.41, 5.74) is 4.30. The van der Waals surface area contributed by atoms with Crippen LogP contribution in [0.1, 0.15) is 39.5 Å². The molecule has 0 N–H and O–H groups in total. The van der Waals surface area contributed by atoms with Gasteiger partial charge in [-0.25, -0.2) is 0 Å². The maximum Gasteiger partial charge on any atom is 0.325 e. The van der Waals surface area contributed by atoms with Crippen molar-refractivity contribution in [3.8, 4) is 17.2 Å². The van der Waals surface area contributed by atoms with Gasteiger partial charge in [-0.05, 0) is 71.6 Å². The molecule has 1 amide bonds. The molecule has 5 aromatic rings. The Hall–Kier alpha value is -5.56. The molecule has 0 bridgehead atoms. The standard InChI is InChI=1S/C39H37NO6/c1-2-43-38(41)26-40(25-32-16-9-19-35(22-32)44-27-30-12-5-3-6-13-30)39(42)34-18-11-21-37(24-34)46-29-33-17-10-20-36(23-33)45-28-31-14-7-4-8-15-31/h3-24H,2,25-29H2,1H3. The Kier molecular flexibility index (Phi) is 11.4. The molecular weight excluding hydrogens is 578 g/mol. The molecule has 0 heterocycles. The van der Waals surface area contributed by atoms with E-state index in [4.69, 9.17) is 18.9 Å². The number of rotatable bonds is 15. The first kappa shape index (κ1) is 31.9. The van der Waals surface area contributed by atoms with E-state index >= 15 is 0 Å². The van der Waals surface area contributed by atoms with E-state index in [1.807, 2.05) is 109 Å². The lowest BCUT2D eigenvalue weighted by molar-refractivity contribution is -0.143. The van der Waals surface area contributed by atoms with Gasteiger partial charge in [0.1, 0.15) is 43.6 Å². The second kappa shape index (κ2) is 16.5. The molecule has 0 atom stereocenters. The zero-order chi connectivity index (χ0) is 32.0. The summed E-state index contributed by atoms with van der Waals surface area (Å²) in [5, 5.41) is 0. The maximum atomic E-state index is 13.8. The molecule has 0 fully saturated rings. The lowest BCUT2D eigenvalue weighted by atomic mass is 10.1. The van der Waals surface area contributed by atoms with Crippen molar-refractivity contribution in [3.63, 3.8) is 0 Å². The molecule has 7 heteroatoms. The molecule has 0 radical (unpaired) electrons. The minimum atomic E-state index is -0.478. The van der Waals surface area contributed by atoms with Crippen LogP contribution in [-0.2, 0) is 35.9 Å². The molecule has 5 aromatic carbocycles. The number of carbonyl (C=O) groups excluding carboxylic acids is 2. The first-order valence-electron chi connectivity index (χ1n) is 15.2. The van der Waals surface area contributed by atoms with Gasteiger partial charge >= 0.3 is 5.97 Å². The van der Waals surface area contributed by atoms with Crippen molar-refractivity contribution in [2.45, 2.75) is 33.3 Å². The summed E-state index contributed by atoms with van der Waals surface area (Å²) in [6.07, 6.45) is 0. The highest BCUT2D eigenvalue weighted by Gasteiger charge is 2.21. The minimum Gasteiger partial charge on any atom is -0.489 e. The van der Waals surface area contributed by atoms with E-state index in [9.17, 15) is 9.59 Å². The Labute approximate surface area is 269 Å². The van der Waals surface area contributed by atoms with Crippen molar-refractivity contribution in [2.75, 3.05) is 13.2 Å². The Morgan fingerprint density at radius 3 is 1.61 bits per heavy atom. The maximum absolute atomic E-state index is 13.8. The van der Waals surface area contributed by atoms with Crippen LogP contribution >= 0.6 is 0 Å². The normalized spacial score (nSPS) is 10.5. The molecule has 0 saturated heterocycles. The van der Waals surface area contributed by atoms with E-state index in [0.29, 0.717) is 36.9 Å². The first-order chi connectivity index (χ1) is 22.6. The van der Waals surface area contributed by atoms with Gasteiger partial charge < -0.3 is 23.8 Å². The zero-order valence-corrected chi connectivity index (χ0v) is 25.8. The molecule has 0 aliphatic carbocycles. The van der Waals surface area contributed by atoms with Crippen LogP contribution in [-0.4, -0.2) is 29.9 Å². The molecule has 0 spiro atoms. The van der Waals surface area contributed by atoms with E-state index in [-0.39, 0.29) is 25.6 Å². The minimum absolute atomic E-state index is 0.192. The third kappa shape index (κ3) is 9.72. The Morgan fingerprint density at radius 1 is 0.543 bits per heavy atom. The van der Waals surface area contributed by atoms with Gasteiger partial charge in [0.15, 0.2) is 0 Å². The van der Waals surface area contributed by atoms with Gasteiger partial charge in [-0.1, -0.05) is 91.0 Å². The van der Waals surface area contributed by atoms with Crippen LogP contribution in [0.5, 0.6) is 17.2 Å². The van der Waals surface area contributed by atoms with Crippen molar-refractivity contribution in [1.29, 1.82) is 0 Å². The van der Waals surface area contributed by atoms with Crippen LogP contribution in [0.2, 0.25) is 0 Å². The summed E-state index contributed by atoms with van der Waals surface area (Å²) in [7, 11) is 0. The highest BCUT2D eigenvalue weighted by Crippen LogP contribution is 2.22. The number of hydrogen-bond donors (Lipinski definition) is 0. The van der Waals surface area contributed by atoms with Crippen molar-refractivity contribution in [2.24, 2.45) is 0 Å². The van der Waals surface area contributed by atoms with E-state index in [1.165, 1.54) is 4.90 Å². The average molecular weight is 616 g/mol. The van der Waals surface area contributed by atoms with Gasteiger partial charge in [0.2, 0.25) is 0 Å². The summed E-state index contributed by atoms with van der Waals surface area (Å²) in [5.74, 6) is 1.17. The van der Waals surface area contributed by atoms with Crippen LogP contribution in [0, 0.1) is 0 Å². The Morgan fingerprint density at radius 2 is 1.02 bits per heavy atom. The summed E-state index contributed by atoms with van der Waals surface area (Å²) in [6.45, 7) is 3.16. The second-order valence-corrected chi connectivity index (χ2v) is 10.6. The van der Waals surface area contributed by atoms with Gasteiger partial charge in [0.25, 0.3) is 5.91 Å². The second-order valence-electron chi connectivity index (χ2n) is 10.6. The summed E-state index contributed by atoms with van der Waals surface area (Å²) in [6, 6.07) is 42.1. The summed E-state index contributed by atoms with van der Waals surface area (Å²) >= 11 is 0. The number of hydrogen-bond acceptors (Lipinski definition) is 6. The molecule has 7 nitrogen and oxygen atoms in total. The van der Waals surface area contributed by atoms with Crippen LogP contribution in [0.4, 0.5) is 0 Å². The van der Waals surface area contributed by atoms with Gasteiger partial charge in [0.05, 0.1) is 6.61 Å². The fourth-order valence-corrected chi connectivity index (χ4v) is 4.79. The average Bonchev–Trinajstić information content (AvgIpc) is 3.10. The number of benzene rings is 5. The molecule has 0 saturated carbocycles. The molecule has 46 heavy (non-hydrogen) atoms. The van der Waals surface area contributed by atoms with E-state index < -0.39 is 5.97 Å². The van der Waals surface area contributed by atoms with Gasteiger partial charge in [0, 0.05) is 12.1 Å². The highest BCUT2D eigenvalue weighted by molar-refractivity contribution is 5.96. The van der Waals surface area contributed by atoms with Crippen LogP contribution in [0.15, 0.2) is 133 Å². The number of carbonyl (C=O) groups is 2. The Balaban J connectivity index is 1.24. The monoisotopic (exact) mass is 615 g/mol. The van der Waals surface area contributed by atoms with Crippen molar-refractivity contribution >= 4 is 11.9 Å². The molecule has 0 unspecified atom stereocenters. The SMILES string of the molecule is CCOC(=O)CN(Cc1cccc(OCc2ccccc2)c1)C(=O)c1cccc(OCc2cccc(OCc3ccccc3)c2)c1. The van der Waals surface area contributed by atoms with Crippen LogP contribution < -0.4 is 14.2 Å². The predicted octanol–water partition coefficient (Wildman–Crippen LogP) is 7.63. The third-order valence-corrected chi connectivity index (χ3v) is 7.07. The summed E-state index contributed by atoms with van der Waals surface area (Å²) < 4.78 is 23.2. The largest absolute Gasteiger partial charge is 0.489 e. The third-order valence-electron chi connectivity index (χ3n) is 7.07. The van der Waals surface area contributed by atoms with Crippen molar-refractivity contribution in [3.05, 3.63) is 161 Å². The van der Waals surface area contributed by atoms with E-state index in [0.717, 1.165) is 28.0 Å². The van der Waals surface area contributed by atoms with Crippen molar-refractivity contribution in [1.82, 2.24) is 4.90 Å². The zero-order valence-electron chi connectivity index (χ0n) is 25.8. The predicted molar refractivity (Wildman–Crippen MR) is 177 cm³/mol. The van der Waals surface area contributed by atoms with Gasteiger partial charge in [-0.15, -0.1) is 0 Å². The van der Waals surface area contributed by atoms with Crippen LogP contribution in [0.25, 0.3) is 0 Å². The Bertz CT molecular complexity index is 1710. The van der Waals surface area contributed by atoms with Gasteiger partial charge in [-0.3, -0.25) is 9.59 Å².